The fourth-order valence-electron chi connectivity index (χ4n) is 2.57. The van der Waals surface area contributed by atoms with Gasteiger partial charge in [-0.05, 0) is 37.3 Å². The molecule has 3 nitrogen and oxygen atoms in total. The van der Waals surface area contributed by atoms with Gasteiger partial charge in [0, 0.05) is 32.1 Å². The van der Waals surface area contributed by atoms with Crippen LogP contribution in [0, 0.1) is 5.92 Å². The predicted molar refractivity (Wildman–Crippen MR) is 87.3 cm³/mol. The first kappa shape index (κ1) is 15.1. The first-order chi connectivity index (χ1) is 10.3. The summed E-state index contributed by atoms with van der Waals surface area (Å²) < 4.78 is 7.90. The summed E-state index contributed by atoms with van der Waals surface area (Å²) >= 11 is 12.2. The van der Waals surface area contributed by atoms with Crippen molar-refractivity contribution in [1.82, 2.24) is 9.55 Å². The Morgan fingerprint density at radius 2 is 2.19 bits per heavy atom. The molecule has 0 unspecified atom stereocenters. The van der Waals surface area contributed by atoms with Crippen LogP contribution in [0.5, 0.6) is 0 Å². The molecule has 0 bridgehead atoms. The summed E-state index contributed by atoms with van der Waals surface area (Å²) in [5.41, 5.74) is 1.96. The van der Waals surface area contributed by atoms with Crippen molar-refractivity contribution in [3.8, 4) is 0 Å². The standard InChI is InChI=1S/C16H20Cl2N2O/c17-8-7-15-19-14-4-1-3-13(18)16(14)20(15)9-2-10-21-11-12-5-6-12/h1,3-4,12H,2,5-11H2. The number of hydrogen-bond donors (Lipinski definition) is 0. The number of aromatic nitrogens is 2. The van der Waals surface area contributed by atoms with Crippen molar-refractivity contribution in [3.05, 3.63) is 29.0 Å². The lowest BCUT2D eigenvalue weighted by Crippen LogP contribution is -2.08. The zero-order valence-electron chi connectivity index (χ0n) is 12.0. The van der Waals surface area contributed by atoms with Crippen molar-refractivity contribution in [2.24, 2.45) is 5.92 Å². The zero-order chi connectivity index (χ0) is 14.7. The second-order valence-corrected chi connectivity index (χ2v) is 6.38. The van der Waals surface area contributed by atoms with Crippen molar-refractivity contribution in [2.45, 2.75) is 32.2 Å². The molecule has 0 amide bonds. The predicted octanol–water partition coefficient (Wildman–Crippen LogP) is 4.29. The molecule has 1 aliphatic carbocycles. The molecular weight excluding hydrogens is 307 g/mol. The van der Waals surface area contributed by atoms with E-state index in [2.05, 4.69) is 9.55 Å². The van der Waals surface area contributed by atoms with Gasteiger partial charge in [-0.2, -0.15) is 0 Å². The van der Waals surface area contributed by atoms with Gasteiger partial charge in [0.1, 0.15) is 5.82 Å². The van der Waals surface area contributed by atoms with E-state index < -0.39 is 0 Å². The molecule has 5 heteroatoms. The minimum absolute atomic E-state index is 0.569. The molecule has 0 spiro atoms. The maximum absolute atomic E-state index is 6.34. The van der Waals surface area contributed by atoms with Crippen LogP contribution in [0.4, 0.5) is 0 Å². The number of ether oxygens (including phenoxy) is 1. The minimum atomic E-state index is 0.569. The number of benzene rings is 1. The molecule has 1 aromatic carbocycles. The van der Waals surface area contributed by atoms with Gasteiger partial charge in [-0.25, -0.2) is 4.98 Å². The second-order valence-electron chi connectivity index (χ2n) is 5.60. The number of imidazole rings is 1. The fourth-order valence-corrected chi connectivity index (χ4v) is 3.01. The topological polar surface area (TPSA) is 27.1 Å². The van der Waals surface area contributed by atoms with Crippen LogP contribution in [-0.2, 0) is 17.7 Å². The summed E-state index contributed by atoms with van der Waals surface area (Å²) in [6.07, 6.45) is 4.40. The van der Waals surface area contributed by atoms with Gasteiger partial charge in [0.25, 0.3) is 0 Å². The van der Waals surface area contributed by atoms with Crippen LogP contribution in [0.25, 0.3) is 11.0 Å². The third kappa shape index (κ3) is 3.71. The van der Waals surface area contributed by atoms with E-state index in [0.29, 0.717) is 5.88 Å². The van der Waals surface area contributed by atoms with Gasteiger partial charge in [0.05, 0.1) is 16.1 Å². The van der Waals surface area contributed by atoms with E-state index >= 15 is 0 Å². The van der Waals surface area contributed by atoms with Gasteiger partial charge in [-0.1, -0.05) is 17.7 Å². The molecule has 3 rings (SSSR count). The van der Waals surface area contributed by atoms with Crippen molar-refractivity contribution in [1.29, 1.82) is 0 Å². The quantitative estimate of drug-likeness (QED) is 0.534. The van der Waals surface area contributed by atoms with Crippen LogP contribution in [0.1, 0.15) is 25.1 Å². The van der Waals surface area contributed by atoms with Gasteiger partial charge < -0.3 is 9.30 Å². The third-order valence-electron chi connectivity index (χ3n) is 3.84. The van der Waals surface area contributed by atoms with E-state index in [1.807, 2.05) is 18.2 Å². The van der Waals surface area contributed by atoms with E-state index in [4.69, 9.17) is 27.9 Å². The lowest BCUT2D eigenvalue weighted by atomic mass is 10.3. The molecule has 114 valence electrons. The molecule has 1 aromatic heterocycles. The van der Waals surface area contributed by atoms with E-state index in [9.17, 15) is 0 Å². The number of fused-ring (bicyclic) bond motifs is 1. The molecule has 0 atom stereocenters. The Labute approximate surface area is 135 Å². The van der Waals surface area contributed by atoms with Gasteiger partial charge in [0.15, 0.2) is 0 Å². The number of nitrogens with zero attached hydrogens (tertiary/aromatic N) is 2. The maximum atomic E-state index is 6.34. The molecular formula is C16H20Cl2N2O. The van der Waals surface area contributed by atoms with Gasteiger partial charge in [-0.15, -0.1) is 11.6 Å². The van der Waals surface area contributed by atoms with Gasteiger partial charge in [-0.3, -0.25) is 0 Å². The Morgan fingerprint density at radius 3 is 2.95 bits per heavy atom. The normalized spacial score (nSPS) is 15.0. The molecule has 1 heterocycles. The smallest absolute Gasteiger partial charge is 0.111 e. The van der Waals surface area contributed by atoms with Crippen LogP contribution in [0.2, 0.25) is 5.02 Å². The monoisotopic (exact) mass is 326 g/mol. The maximum Gasteiger partial charge on any atom is 0.111 e. The summed E-state index contributed by atoms with van der Waals surface area (Å²) in [6.45, 7) is 2.58. The summed E-state index contributed by atoms with van der Waals surface area (Å²) in [4.78, 5) is 4.65. The van der Waals surface area contributed by atoms with Crippen LogP contribution >= 0.6 is 23.2 Å². The Balaban J connectivity index is 1.69. The molecule has 0 aliphatic heterocycles. The number of para-hydroxylation sites is 1. The van der Waals surface area contributed by atoms with Crippen molar-refractivity contribution in [2.75, 3.05) is 19.1 Å². The second kappa shape index (κ2) is 6.99. The Kier molecular flexibility index (Phi) is 5.04. The lowest BCUT2D eigenvalue weighted by molar-refractivity contribution is 0.119. The van der Waals surface area contributed by atoms with Crippen LogP contribution in [0.15, 0.2) is 18.2 Å². The first-order valence-electron chi connectivity index (χ1n) is 7.57. The SMILES string of the molecule is ClCCc1nc2cccc(Cl)c2n1CCCOCC1CC1. The molecule has 0 radical (unpaired) electrons. The number of hydrogen-bond acceptors (Lipinski definition) is 2. The number of alkyl halides is 1. The molecule has 21 heavy (non-hydrogen) atoms. The third-order valence-corrected chi connectivity index (χ3v) is 4.33. The number of halogens is 2. The summed E-state index contributed by atoms with van der Waals surface area (Å²) in [5.74, 6) is 2.40. The minimum Gasteiger partial charge on any atom is -0.381 e. The highest BCUT2D eigenvalue weighted by molar-refractivity contribution is 6.35. The molecule has 0 saturated heterocycles. The highest BCUT2D eigenvalue weighted by Gasteiger charge is 2.21. The molecule has 0 N–H and O–H groups in total. The largest absolute Gasteiger partial charge is 0.381 e. The van der Waals surface area contributed by atoms with Crippen molar-refractivity contribution < 1.29 is 4.74 Å². The van der Waals surface area contributed by atoms with E-state index in [1.54, 1.807) is 0 Å². The zero-order valence-corrected chi connectivity index (χ0v) is 13.5. The van der Waals surface area contributed by atoms with Crippen LogP contribution in [-0.4, -0.2) is 28.6 Å². The van der Waals surface area contributed by atoms with Crippen molar-refractivity contribution in [3.63, 3.8) is 0 Å². The molecule has 1 aliphatic rings. The highest BCUT2D eigenvalue weighted by atomic mass is 35.5. The number of aryl methyl sites for hydroxylation is 2. The Morgan fingerprint density at radius 1 is 1.33 bits per heavy atom. The number of rotatable bonds is 8. The average Bonchev–Trinajstić information content (AvgIpc) is 3.22. The lowest BCUT2D eigenvalue weighted by Gasteiger charge is -2.09. The van der Waals surface area contributed by atoms with Gasteiger partial charge in [0.2, 0.25) is 0 Å². The van der Waals surface area contributed by atoms with Crippen LogP contribution in [0.3, 0.4) is 0 Å². The molecule has 2 aromatic rings. The summed E-state index contributed by atoms with van der Waals surface area (Å²) in [6, 6.07) is 5.85. The van der Waals surface area contributed by atoms with Gasteiger partial charge >= 0.3 is 0 Å². The summed E-state index contributed by atoms with van der Waals surface area (Å²) in [5, 5.41) is 0.750. The Bertz CT molecular complexity index is 608. The van der Waals surface area contributed by atoms with E-state index in [0.717, 1.165) is 60.4 Å². The molecule has 1 fully saturated rings. The van der Waals surface area contributed by atoms with Crippen LogP contribution < -0.4 is 0 Å². The fraction of sp³-hybridized carbons (Fsp3) is 0.562. The first-order valence-corrected chi connectivity index (χ1v) is 8.48. The van der Waals surface area contributed by atoms with Crippen molar-refractivity contribution >= 4 is 34.2 Å². The van der Waals surface area contributed by atoms with E-state index in [1.165, 1.54) is 12.8 Å². The average molecular weight is 327 g/mol. The summed E-state index contributed by atoms with van der Waals surface area (Å²) in [7, 11) is 0. The molecule has 1 saturated carbocycles. The highest BCUT2D eigenvalue weighted by Crippen LogP contribution is 2.29. The Hall–Kier alpha value is -0.770. The van der Waals surface area contributed by atoms with E-state index in [-0.39, 0.29) is 0 Å².